The van der Waals surface area contributed by atoms with Crippen LogP contribution >= 0.6 is 0 Å². The number of fused-ring (bicyclic) bond motifs is 1. The number of nitrogens with zero attached hydrogens (tertiary/aromatic N) is 1. The van der Waals surface area contributed by atoms with Gasteiger partial charge in [-0.3, -0.25) is 4.79 Å². The van der Waals surface area contributed by atoms with Crippen molar-refractivity contribution < 1.29 is 23.6 Å². The first kappa shape index (κ1) is 22.1. The molecule has 0 aromatic carbocycles. The standard InChI is InChI=1S/C22H34BNO5/c1-14(18(26)27-19(2,3)4)24-13-22(9)11-10-15(12-16(22)17(24)25)23-28-20(5,6)21(7,8)29-23/h10,12,14H,11,13H2,1-9H3/t14-,22?/m0/s1. The molecule has 1 aliphatic carbocycles. The zero-order chi connectivity index (χ0) is 22.0. The van der Waals surface area contributed by atoms with Gasteiger partial charge < -0.3 is 18.9 Å². The van der Waals surface area contributed by atoms with Crippen molar-refractivity contribution in [1.29, 1.82) is 0 Å². The van der Waals surface area contributed by atoms with E-state index in [0.717, 1.165) is 5.47 Å². The summed E-state index contributed by atoms with van der Waals surface area (Å²) >= 11 is 0. The second-order valence-corrected chi connectivity index (χ2v) is 10.8. The predicted molar refractivity (Wildman–Crippen MR) is 112 cm³/mol. The highest BCUT2D eigenvalue weighted by molar-refractivity contribution is 6.55. The van der Waals surface area contributed by atoms with Crippen LogP contribution in [0.2, 0.25) is 0 Å². The van der Waals surface area contributed by atoms with Gasteiger partial charge in [-0.05, 0) is 67.3 Å². The smallest absolute Gasteiger partial charge is 0.458 e. The van der Waals surface area contributed by atoms with Gasteiger partial charge in [0, 0.05) is 17.5 Å². The van der Waals surface area contributed by atoms with Crippen molar-refractivity contribution in [2.75, 3.05) is 6.54 Å². The molecule has 29 heavy (non-hydrogen) atoms. The Balaban J connectivity index is 1.81. The van der Waals surface area contributed by atoms with E-state index in [2.05, 4.69) is 13.0 Å². The van der Waals surface area contributed by atoms with Crippen LogP contribution in [0.25, 0.3) is 0 Å². The number of allylic oxidation sites excluding steroid dienone is 3. The summed E-state index contributed by atoms with van der Waals surface area (Å²) in [4.78, 5) is 27.4. The monoisotopic (exact) mass is 403 g/mol. The maximum atomic E-state index is 13.2. The molecule has 2 saturated heterocycles. The summed E-state index contributed by atoms with van der Waals surface area (Å²) in [6.07, 6.45) is 4.69. The molecular formula is C22H34BNO5. The molecule has 0 radical (unpaired) electrons. The van der Waals surface area contributed by atoms with Crippen LogP contribution in [0.1, 0.15) is 68.7 Å². The molecule has 2 aliphatic heterocycles. The van der Waals surface area contributed by atoms with Gasteiger partial charge in [-0.15, -0.1) is 0 Å². The van der Waals surface area contributed by atoms with Gasteiger partial charge in [-0.2, -0.15) is 0 Å². The van der Waals surface area contributed by atoms with Crippen LogP contribution in [0, 0.1) is 5.41 Å². The van der Waals surface area contributed by atoms with E-state index in [-0.39, 0.29) is 17.3 Å². The van der Waals surface area contributed by atoms with E-state index in [0.29, 0.717) is 18.5 Å². The molecule has 2 heterocycles. The minimum Gasteiger partial charge on any atom is -0.458 e. The van der Waals surface area contributed by atoms with E-state index in [1.165, 1.54) is 0 Å². The maximum absolute atomic E-state index is 13.2. The van der Waals surface area contributed by atoms with Gasteiger partial charge in [0.1, 0.15) is 11.6 Å². The zero-order valence-electron chi connectivity index (χ0n) is 19.2. The normalized spacial score (nSPS) is 29.3. The predicted octanol–water partition coefficient (Wildman–Crippen LogP) is 3.45. The largest absolute Gasteiger partial charge is 0.494 e. The van der Waals surface area contributed by atoms with E-state index < -0.39 is 30.0 Å². The van der Waals surface area contributed by atoms with E-state index in [9.17, 15) is 9.59 Å². The van der Waals surface area contributed by atoms with Crippen LogP contribution in [0.4, 0.5) is 0 Å². The number of likely N-dealkylation sites (tertiary alicyclic amines) is 1. The Morgan fingerprint density at radius 1 is 1.17 bits per heavy atom. The number of hydrogen-bond donors (Lipinski definition) is 0. The van der Waals surface area contributed by atoms with Crippen molar-refractivity contribution in [3.05, 3.63) is 23.2 Å². The van der Waals surface area contributed by atoms with Gasteiger partial charge in [0.2, 0.25) is 0 Å². The fraction of sp³-hybridized carbons (Fsp3) is 0.727. The van der Waals surface area contributed by atoms with Crippen molar-refractivity contribution in [3.8, 4) is 0 Å². The minimum absolute atomic E-state index is 0.118. The molecule has 7 heteroatoms. The fourth-order valence-electron chi connectivity index (χ4n) is 3.90. The van der Waals surface area contributed by atoms with Crippen molar-refractivity contribution in [1.82, 2.24) is 4.90 Å². The average Bonchev–Trinajstić information content (AvgIpc) is 2.94. The molecule has 6 nitrogen and oxygen atoms in total. The molecule has 0 bridgehead atoms. The summed E-state index contributed by atoms with van der Waals surface area (Å²) in [5.41, 5.74) is -0.212. The first-order valence-corrected chi connectivity index (χ1v) is 10.4. The number of amides is 1. The lowest BCUT2D eigenvalue weighted by Gasteiger charge is -2.32. The lowest BCUT2D eigenvalue weighted by Crippen LogP contribution is -2.44. The van der Waals surface area contributed by atoms with Gasteiger partial charge in [0.25, 0.3) is 5.91 Å². The summed E-state index contributed by atoms with van der Waals surface area (Å²) in [5, 5.41) is 0. The van der Waals surface area contributed by atoms with Gasteiger partial charge in [0.15, 0.2) is 0 Å². The summed E-state index contributed by atoms with van der Waals surface area (Å²) in [6, 6.07) is -0.634. The molecule has 1 amide bonds. The Labute approximate surface area is 174 Å². The Hall–Kier alpha value is -1.60. The molecule has 160 valence electrons. The SMILES string of the molecule is C[C@@H](C(=O)OC(C)(C)C)N1CC2(C)CC=C(B3OC(C)(C)C(C)(C)O3)C=C2C1=O. The van der Waals surface area contributed by atoms with Crippen LogP contribution in [0.3, 0.4) is 0 Å². The molecule has 2 atom stereocenters. The molecule has 0 N–H and O–H groups in total. The Bertz CT molecular complexity index is 776. The third kappa shape index (κ3) is 3.91. The molecule has 3 aliphatic rings. The molecular weight excluding hydrogens is 369 g/mol. The third-order valence-corrected chi connectivity index (χ3v) is 6.50. The average molecular weight is 403 g/mol. The second kappa shape index (κ2) is 6.71. The zero-order valence-corrected chi connectivity index (χ0v) is 19.2. The molecule has 0 aromatic heterocycles. The number of hydrogen-bond acceptors (Lipinski definition) is 5. The Morgan fingerprint density at radius 3 is 2.24 bits per heavy atom. The number of ether oxygens (including phenoxy) is 1. The number of carbonyl (C=O) groups excluding carboxylic acids is 2. The van der Waals surface area contributed by atoms with E-state index in [1.54, 1.807) is 11.8 Å². The van der Waals surface area contributed by atoms with Crippen LogP contribution in [0.5, 0.6) is 0 Å². The van der Waals surface area contributed by atoms with Crippen molar-refractivity contribution >= 4 is 19.0 Å². The quantitative estimate of drug-likeness (QED) is 0.534. The second-order valence-electron chi connectivity index (χ2n) is 10.8. The van der Waals surface area contributed by atoms with Crippen LogP contribution in [-0.4, -0.2) is 53.3 Å². The summed E-state index contributed by atoms with van der Waals surface area (Å²) in [5.74, 6) is -0.499. The minimum atomic E-state index is -0.634. The topological polar surface area (TPSA) is 65.1 Å². The van der Waals surface area contributed by atoms with Crippen LogP contribution in [0.15, 0.2) is 23.2 Å². The Kier molecular flexibility index (Phi) is 5.11. The maximum Gasteiger partial charge on any atom is 0.494 e. The highest BCUT2D eigenvalue weighted by Crippen LogP contribution is 2.46. The third-order valence-electron chi connectivity index (χ3n) is 6.50. The van der Waals surface area contributed by atoms with Gasteiger partial charge in [0.05, 0.1) is 11.2 Å². The molecule has 3 rings (SSSR count). The van der Waals surface area contributed by atoms with E-state index >= 15 is 0 Å². The van der Waals surface area contributed by atoms with Crippen molar-refractivity contribution in [2.45, 2.75) is 91.6 Å². The van der Waals surface area contributed by atoms with Gasteiger partial charge in [-0.25, -0.2) is 4.79 Å². The van der Waals surface area contributed by atoms with E-state index in [4.69, 9.17) is 14.0 Å². The van der Waals surface area contributed by atoms with Crippen molar-refractivity contribution in [3.63, 3.8) is 0 Å². The molecule has 0 saturated carbocycles. The summed E-state index contributed by atoms with van der Waals surface area (Å²) < 4.78 is 17.8. The molecule has 1 unspecified atom stereocenters. The summed E-state index contributed by atoms with van der Waals surface area (Å²) in [7, 11) is -0.498. The number of carbonyl (C=O) groups is 2. The first-order chi connectivity index (χ1) is 13.1. The Morgan fingerprint density at radius 2 is 1.72 bits per heavy atom. The molecule has 2 fully saturated rings. The lowest BCUT2D eigenvalue weighted by atomic mass is 9.68. The number of rotatable bonds is 3. The van der Waals surface area contributed by atoms with Crippen LogP contribution < -0.4 is 0 Å². The highest BCUT2D eigenvalue weighted by Gasteiger charge is 2.54. The highest BCUT2D eigenvalue weighted by atomic mass is 16.7. The molecule has 0 aromatic rings. The summed E-state index contributed by atoms with van der Waals surface area (Å²) in [6.45, 7) is 17.8. The first-order valence-electron chi connectivity index (χ1n) is 10.4. The van der Waals surface area contributed by atoms with Crippen molar-refractivity contribution in [2.24, 2.45) is 5.41 Å². The van der Waals surface area contributed by atoms with Crippen LogP contribution in [-0.2, 0) is 23.6 Å². The van der Waals surface area contributed by atoms with Gasteiger partial charge >= 0.3 is 13.1 Å². The number of esters is 1. The molecule has 0 spiro atoms. The fourth-order valence-corrected chi connectivity index (χ4v) is 3.90. The van der Waals surface area contributed by atoms with Gasteiger partial charge in [-0.1, -0.05) is 19.1 Å². The lowest BCUT2D eigenvalue weighted by molar-refractivity contribution is -0.162. The van der Waals surface area contributed by atoms with E-state index in [1.807, 2.05) is 54.5 Å².